The highest BCUT2D eigenvalue weighted by molar-refractivity contribution is 5.90. The Morgan fingerprint density at radius 2 is 1.83 bits per heavy atom. The number of benzene rings is 1. The predicted molar refractivity (Wildman–Crippen MR) is 91.1 cm³/mol. The van der Waals surface area contributed by atoms with Gasteiger partial charge >= 0.3 is 5.97 Å². The number of ether oxygens (including phenoxy) is 1. The quantitative estimate of drug-likeness (QED) is 0.528. The summed E-state index contributed by atoms with van der Waals surface area (Å²) in [4.78, 5) is 35.7. The first-order valence-electron chi connectivity index (χ1n) is 7.78. The number of amides is 2. The number of allylic oxidation sites excluding steroid dienone is 1. The van der Waals surface area contributed by atoms with Crippen molar-refractivity contribution in [3.8, 4) is 0 Å². The molecule has 0 saturated heterocycles. The van der Waals surface area contributed by atoms with E-state index in [1.807, 2.05) is 30.3 Å². The van der Waals surface area contributed by atoms with Gasteiger partial charge in [-0.1, -0.05) is 36.4 Å². The number of methoxy groups -OCH3 is 1. The lowest BCUT2D eigenvalue weighted by molar-refractivity contribution is -0.145. The molecular weight excluding hydrogens is 308 g/mol. The van der Waals surface area contributed by atoms with Crippen molar-refractivity contribution in [2.45, 2.75) is 38.3 Å². The molecule has 0 radical (unpaired) electrons. The van der Waals surface area contributed by atoms with Crippen LogP contribution in [0, 0.1) is 0 Å². The van der Waals surface area contributed by atoms with Gasteiger partial charge in [0.2, 0.25) is 11.8 Å². The van der Waals surface area contributed by atoms with Crippen molar-refractivity contribution in [1.29, 1.82) is 0 Å². The topological polar surface area (TPSA) is 84.5 Å². The van der Waals surface area contributed by atoms with Crippen LogP contribution in [0.5, 0.6) is 0 Å². The molecule has 0 aliphatic rings. The molecule has 0 aromatic heterocycles. The Kier molecular flexibility index (Phi) is 8.25. The Hall–Kier alpha value is -2.63. The van der Waals surface area contributed by atoms with E-state index in [1.54, 1.807) is 6.08 Å². The Labute approximate surface area is 142 Å². The molecule has 0 bridgehead atoms. The van der Waals surface area contributed by atoms with E-state index < -0.39 is 24.0 Å². The molecule has 0 aliphatic heterocycles. The molecule has 0 heterocycles. The molecule has 0 aliphatic carbocycles. The first-order valence-corrected chi connectivity index (χ1v) is 7.78. The third-order valence-corrected chi connectivity index (χ3v) is 3.44. The zero-order valence-corrected chi connectivity index (χ0v) is 14.1. The molecule has 1 rings (SSSR count). The van der Waals surface area contributed by atoms with E-state index in [-0.39, 0.29) is 5.91 Å². The summed E-state index contributed by atoms with van der Waals surface area (Å²) in [5.41, 5.74) is 0.909. The summed E-state index contributed by atoms with van der Waals surface area (Å²) in [7, 11) is 1.27. The zero-order chi connectivity index (χ0) is 17.9. The molecule has 2 N–H and O–H groups in total. The largest absolute Gasteiger partial charge is 0.467 e. The number of carbonyl (C=O) groups is 3. The molecule has 130 valence electrons. The molecule has 1 aromatic carbocycles. The van der Waals surface area contributed by atoms with Crippen molar-refractivity contribution >= 4 is 17.8 Å². The van der Waals surface area contributed by atoms with E-state index in [9.17, 15) is 14.4 Å². The average molecular weight is 332 g/mol. The number of carbonyl (C=O) groups excluding carboxylic acids is 3. The minimum absolute atomic E-state index is 0.313. The van der Waals surface area contributed by atoms with Crippen LogP contribution in [-0.2, 0) is 25.5 Å². The van der Waals surface area contributed by atoms with Crippen molar-refractivity contribution in [2.24, 2.45) is 0 Å². The fraction of sp³-hybridized carbons (Fsp3) is 0.389. The smallest absolute Gasteiger partial charge is 0.328 e. The summed E-state index contributed by atoms with van der Waals surface area (Å²) in [6.45, 7) is 4.95. The molecular formula is C18H24N2O4. The molecule has 0 unspecified atom stereocenters. The minimum Gasteiger partial charge on any atom is -0.467 e. The molecule has 2 amide bonds. The molecule has 6 heteroatoms. The van der Waals surface area contributed by atoms with Crippen LogP contribution in [0.4, 0.5) is 0 Å². The maximum atomic E-state index is 12.5. The van der Waals surface area contributed by atoms with E-state index in [2.05, 4.69) is 17.2 Å². The van der Waals surface area contributed by atoms with Crippen molar-refractivity contribution in [3.63, 3.8) is 0 Å². The van der Waals surface area contributed by atoms with E-state index in [4.69, 9.17) is 4.74 Å². The lowest BCUT2D eigenvalue weighted by Gasteiger charge is -2.21. The summed E-state index contributed by atoms with van der Waals surface area (Å²) in [5, 5.41) is 5.28. The summed E-state index contributed by atoms with van der Waals surface area (Å²) in [6.07, 6.45) is 2.95. The van der Waals surface area contributed by atoms with Gasteiger partial charge in [-0.05, 0) is 18.4 Å². The van der Waals surface area contributed by atoms with Crippen molar-refractivity contribution in [1.82, 2.24) is 10.6 Å². The first kappa shape index (κ1) is 19.4. The second kappa shape index (κ2) is 10.2. The fourth-order valence-electron chi connectivity index (χ4n) is 2.25. The van der Waals surface area contributed by atoms with Gasteiger partial charge in [0, 0.05) is 13.3 Å². The highest BCUT2D eigenvalue weighted by Crippen LogP contribution is 2.06. The standard InChI is InChI=1S/C18H24N2O4/c1-4-5-11-15(18(23)24-3)20-17(22)16(19-13(2)21)12-14-9-7-6-8-10-14/h4,6-10,15-16H,1,5,11-12H2,2-3H3,(H,19,21)(H,20,22)/t15-,16-/m1/s1. The van der Waals surface area contributed by atoms with E-state index in [0.717, 1.165) is 5.56 Å². The van der Waals surface area contributed by atoms with Gasteiger partial charge in [-0.2, -0.15) is 0 Å². The Balaban J connectivity index is 2.83. The summed E-state index contributed by atoms with van der Waals surface area (Å²) in [5.74, 6) is -1.26. The van der Waals surface area contributed by atoms with Crippen molar-refractivity contribution < 1.29 is 19.1 Å². The third kappa shape index (κ3) is 6.64. The number of esters is 1. The second-order valence-electron chi connectivity index (χ2n) is 5.39. The fourth-order valence-corrected chi connectivity index (χ4v) is 2.25. The van der Waals surface area contributed by atoms with Crippen LogP contribution < -0.4 is 10.6 Å². The minimum atomic E-state index is -0.771. The van der Waals surface area contributed by atoms with Crippen LogP contribution >= 0.6 is 0 Å². The number of rotatable bonds is 9. The van der Waals surface area contributed by atoms with Crippen LogP contribution in [0.1, 0.15) is 25.3 Å². The van der Waals surface area contributed by atoms with E-state index in [0.29, 0.717) is 19.3 Å². The van der Waals surface area contributed by atoms with Crippen molar-refractivity contribution in [3.05, 3.63) is 48.6 Å². The second-order valence-corrected chi connectivity index (χ2v) is 5.39. The number of nitrogens with one attached hydrogen (secondary N) is 2. The van der Waals surface area contributed by atoms with Crippen molar-refractivity contribution in [2.75, 3.05) is 7.11 Å². The van der Waals surface area contributed by atoms with Crippen LogP contribution in [0.25, 0.3) is 0 Å². The summed E-state index contributed by atoms with van der Waals surface area (Å²) < 4.78 is 4.71. The van der Waals surface area contributed by atoms with Crippen LogP contribution in [0.3, 0.4) is 0 Å². The molecule has 0 fully saturated rings. The van der Waals surface area contributed by atoms with Gasteiger partial charge in [-0.25, -0.2) is 4.79 Å². The van der Waals surface area contributed by atoms with Gasteiger partial charge in [0.1, 0.15) is 12.1 Å². The van der Waals surface area contributed by atoms with Gasteiger partial charge in [-0.15, -0.1) is 6.58 Å². The Morgan fingerprint density at radius 1 is 1.17 bits per heavy atom. The summed E-state index contributed by atoms with van der Waals surface area (Å²) >= 11 is 0. The van der Waals surface area contributed by atoms with Crippen LogP contribution in [-0.4, -0.2) is 37.0 Å². The van der Waals surface area contributed by atoms with Gasteiger partial charge in [0.15, 0.2) is 0 Å². The maximum Gasteiger partial charge on any atom is 0.328 e. The third-order valence-electron chi connectivity index (χ3n) is 3.44. The highest BCUT2D eigenvalue weighted by Gasteiger charge is 2.26. The molecule has 1 aromatic rings. The van der Waals surface area contributed by atoms with E-state index in [1.165, 1.54) is 14.0 Å². The highest BCUT2D eigenvalue weighted by atomic mass is 16.5. The number of hydrogen-bond donors (Lipinski definition) is 2. The predicted octanol–water partition coefficient (Wildman–Crippen LogP) is 1.36. The summed E-state index contributed by atoms with van der Waals surface area (Å²) in [6, 6.07) is 7.81. The lowest BCUT2D eigenvalue weighted by atomic mass is 10.0. The maximum absolute atomic E-state index is 12.5. The monoisotopic (exact) mass is 332 g/mol. The van der Waals surface area contributed by atoms with E-state index >= 15 is 0 Å². The average Bonchev–Trinajstić information content (AvgIpc) is 2.57. The SMILES string of the molecule is C=CCC[C@@H](NC(=O)[C@@H](Cc1ccccc1)NC(C)=O)C(=O)OC. The molecule has 6 nitrogen and oxygen atoms in total. The lowest BCUT2D eigenvalue weighted by Crippen LogP contribution is -2.52. The van der Waals surface area contributed by atoms with Gasteiger partial charge in [-0.3, -0.25) is 9.59 Å². The Bertz CT molecular complexity index is 572. The van der Waals surface area contributed by atoms with Gasteiger partial charge < -0.3 is 15.4 Å². The Morgan fingerprint density at radius 3 is 2.38 bits per heavy atom. The molecule has 2 atom stereocenters. The number of hydrogen-bond acceptors (Lipinski definition) is 4. The normalized spacial score (nSPS) is 12.6. The van der Waals surface area contributed by atoms with Crippen LogP contribution in [0.15, 0.2) is 43.0 Å². The van der Waals surface area contributed by atoms with Crippen LogP contribution in [0.2, 0.25) is 0 Å². The van der Waals surface area contributed by atoms with Gasteiger partial charge in [0.05, 0.1) is 7.11 Å². The van der Waals surface area contributed by atoms with Gasteiger partial charge in [0.25, 0.3) is 0 Å². The molecule has 24 heavy (non-hydrogen) atoms. The first-order chi connectivity index (χ1) is 11.5. The molecule has 0 saturated carbocycles. The zero-order valence-electron chi connectivity index (χ0n) is 14.1. The molecule has 0 spiro atoms.